The fourth-order valence-electron chi connectivity index (χ4n) is 2.56. The van der Waals surface area contributed by atoms with Crippen molar-refractivity contribution < 1.29 is 9.59 Å². The van der Waals surface area contributed by atoms with Crippen molar-refractivity contribution in [3.63, 3.8) is 0 Å². The summed E-state index contributed by atoms with van der Waals surface area (Å²) >= 11 is 0. The molecule has 0 N–H and O–H groups in total. The first-order valence-corrected chi connectivity index (χ1v) is 9.34. The van der Waals surface area contributed by atoms with Gasteiger partial charge in [0.1, 0.15) is 6.29 Å². The van der Waals surface area contributed by atoms with Crippen LogP contribution in [0.4, 0.5) is 0 Å². The molecule has 0 aliphatic carbocycles. The number of hydrogen-bond donors (Lipinski definition) is 0. The zero-order chi connectivity index (χ0) is 20.6. The van der Waals surface area contributed by atoms with Gasteiger partial charge in [-0.05, 0) is 22.3 Å². The zero-order valence-corrected chi connectivity index (χ0v) is 16.1. The summed E-state index contributed by atoms with van der Waals surface area (Å²) in [6.07, 6.45) is 1.81. The molecule has 0 amide bonds. The average molecular weight is 379 g/mol. The maximum atomic E-state index is 9.14. The molecule has 0 saturated heterocycles. The molecule has 1 radical (unpaired) electrons. The first kappa shape index (κ1) is 21.5. The summed E-state index contributed by atoms with van der Waals surface area (Å²) in [5.41, 5.74) is 5.10. The largest absolute Gasteiger partial charge is 0.303 e. The van der Waals surface area contributed by atoms with Crippen molar-refractivity contribution in [1.82, 2.24) is 0 Å². The van der Waals surface area contributed by atoms with Crippen molar-refractivity contribution in [2.75, 3.05) is 0 Å². The van der Waals surface area contributed by atoms with Crippen LogP contribution < -0.4 is 0 Å². The molecular formula is C27H23O2. The van der Waals surface area contributed by atoms with E-state index in [4.69, 9.17) is 9.59 Å². The van der Waals surface area contributed by atoms with Gasteiger partial charge in [0.15, 0.2) is 0 Å². The van der Waals surface area contributed by atoms with Gasteiger partial charge >= 0.3 is 0 Å². The molecule has 0 bridgehead atoms. The molecule has 29 heavy (non-hydrogen) atoms. The van der Waals surface area contributed by atoms with E-state index in [9.17, 15) is 0 Å². The van der Waals surface area contributed by atoms with Gasteiger partial charge in [-0.15, -0.1) is 0 Å². The highest BCUT2D eigenvalue weighted by Gasteiger charge is 1.92. The number of benzene rings is 4. The van der Waals surface area contributed by atoms with E-state index in [0.717, 1.165) is 0 Å². The SMILES string of the molecule is O=[C]CC=O.c1ccc(-c2ccccc2)cc1.c1ccc(-c2ccccc2)cc1. The first-order valence-electron chi connectivity index (χ1n) is 9.34. The van der Waals surface area contributed by atoms with Crippen molar-refractivity contribution in [3.8, 4) is 22.3 Å². The minimum absolute atomic E-state index is 0.0972. The molecule has 4 aromatic rings. The van der Waals surface area contributed by atoms with E-state index in [1.165, 1.54) is 28.5 Å². The lowest BCUT2D eigenvalue weighted by Crippen LogP contribution is -1.73. The van der Waals surface area contributed by atoms with Gasteiger partial charge < -0.3 is 4.79 Å². The van der Waals surface area contributed by atoms with E-state index < -0.39 is 0 Å². The van der Waals surface area contributed by atoms with E-state index in [1.807, 2.05) is 24.3 Å². The van der Waals surface area contributed by atoms with Crippen LogP contribution in [-0.2, 0) is 9.59 Å². The Balaban J connectivity index is 0.000000170. The lowest BCUT2D eigenvalue weighted by atomic mass is 10.1. The second-order valence-electron chi connectivity index (χ2n) is 5.98. The third-order valence-corrected chi connectivity index (χ3v) is 3.93. The zero-order valence-electron chi connectivity index (χ0n) is 16.1. The van der Waals surface area contributed by atoms with Gasteiger partial charge in [-0.1, -0.05) is 121 Å². The highest BCUT2D eigenvalue weighted by molar-refractivity contribution is 5.72. The summed E-state index contributed by atoms with van der Waals surface area (Å²) < 4.78 is 0. The summed E-state index contributed by atoms with van der Waals surface area (Å²) in [5, 5.41) is 0. The van der Waals surface area contributed by atoms with E-state index >= 15 is 0 Å². The number of carbonyl (C=O) groups excluding carboxylic acids is 2. The molecule has 0 aliphatic rings. The van der Waals surface area contributed by atoms with Crippen molar-refractivity contribution in [2.45, 2.75) is 6.42 Å². The van der Waals surface area contributed by atoms with E-state index in [0.29, 0.717) is 6.29 Å². The summed E-state index contributed by atoms with van der Waals surface area (Å²) in [4.78, 5) is 18.2. The fourth-order valence-corrected chi connectivity index (χ4v) is 2.56. The predicted molar refractivity (Wildman–Crippen MR) is 120 cm³/mol. The molecule has 0 saturated carbocycles. The van der Waals surface area contributed by atoms with Gasteiger partial charge in [0.05, 0.1) is 6.42 Å². The number of hydrogen-bond acceptors (Lipinski definition) is 2. The Labute approximate surface area is 172 Å². The molecule has 0 spiro atoms. The molecule has 0 unspecified atom stereocenters. The molecule has 0 aromatic heterocycles. The Hall–Kier alpha value is -3.78. The standard InChI is InChI=1S/2C12H10.C3H3O2/c2*1-3-7-11(8-4-1)12-9-5-2-6-10-12;4-2-1-3-5/h2*1-10H;2H,1H2. The maximum absolute atomic E-state index is 9.14. The third kappa shape index (κ3) is 8.19. The molecule has 143 valence electrons. The smallest absolute Gasteiger partial charge is 0.205 e. The number of rotatable bonds is 4. The molecule has 4 aromatic carbocycles. The van der Waals surface area contributed by atoms with E-state index in [2.05, 4.69) is 97.1 Å². The maximum Gasteiger partial charge on any atom is 0.205 e. The fraction of sp³-hybridized carbons (Fsp3) is 0.0370. The Morgan fingerprint density at radius 2 is 0.724 bits per heavy atom. The second-order valence-corrected chi connectivity index (χ2v) is 5.98. The van der Waals surface area contributed by atoms with Crippen LogP contribution in [0.15, 0.2) is 121 Å². The predicted octanol–water partition coefficient (Wildman–Crippen LogP) is 6.39. The van der Waals surface area contributed by atoms with Crippen LogP contribution in [0.1, 0.15) is 6.42 Å². The van der Waals surface area contributed by atoms with Crippen LogP contribution in [0.5, 0.6) is 0 Å². The van der Waals surface area contributed by atoms with Crippen LogP contribution in [0.25, 0.3) is 22.3 Å². The normalized spacial score (nSPS) is 9.10. The molecule has 2 heteroatoms. The van der Waals surface area contributed by atoms with Crippen LogP contribution in [0.2, 0.25) is 0 Å². The van der Waals surface area contributed by atoms with Gasteiger partial charge in [-0.3, -0.25) is 4.79 Å². The van der Waals surface area contributed by atoms with Crippen LogP contribution in [0.3, 0.4) is 0 Å². The van der Waals surface area contributed by atoms with Crippen molar-refractivity contribution in [3.05, 3.63) is 121 Å². The monoisotopic (exact) mass is 379 g/mol. The Bertz CT molecular complexity index is 779. The van der Waals surface area contributed by atoms with Crippen molar-refractivity contribution in [2.24, 2.45) is 0 Å². The average Bonchev–Trinajstić information content (AvgIpc) is 2.83. The van der Waals surface area contributed by atoms with Gasteiger partial charge in [-0.2, -0.15) is 0 Å². The molecule has 0 fully saturated rings. The molecule has 2 nitrogen and oxygen atoms in total. The topological polar surface area (TPSA) is 34.1 Å². The van der Waals surface area contributed by atoms with Gasteiger partial charge in [0.25, 0.3) is 0 Å². The Morgan fingerprint density at radius 1 is 0.483 bits per heavy atom. The highest BCUT2D eigenvalue weighted by Crippen LogP contribution is 2.18. The second kappa shape index (κ2) is 13.4. The van der Waals surface area contributed by atoms with Gasteiger partial charge in [0, 0.05) is 0 Å². The molecule has 0 atom stereocenters. The minimum Gasteiger partial charge on any atom is -0.303 e. The molecule has 4 rings (SSSR count). The summed E-state index contributed by atoms with van der Waals surface area (Å²) in [7, 11) is 0. The molecule has 0 aliphatic heterocycles. The number of aldehydes is 1. The summed E-state index contributed by atoms with van der Waals surface area (Å²) in [6, 6.07) is 41.6. The summed E-state index contributed by atoms with van der Waals surface area (Å²) in [6.45, 7) is 0. The number of carbonyl (C=O) groups is 1. The Kier molecular flexibility index (Phi) is 9.94. The lowest BCUT2D eigenvalue weighted by molar-refractivity contribution is -0.106. The Morgan fingerprint density at radius 3 is 0.862 bits per heavy atom. The first-order chi connectivity index (χ1) is 14.3. The highest BCUT2D eigenvalue weighted by atomic mass is 16.1. The summed E-state index contributed by atoms with van der Waals surface area (Å²) in [5.74, 6) is 0. The minimum atomic E-state index is -0.0972. The van der Waals surface area contributed by atoms with E-state index in [1.54, 1.807) is 0 Å². The van der Waals surface area contributed by atoms with Crippen molar-refractivity contribution >= 4 is 12.6 Å². The quantitative estimate of drug-likeness (QED) is 0.304. The van der Waals surface area contributed by atoms with Gasteiger partial charge in [-0.25, -0.2) is 0 Å². The molecule has 0 heterocycles. The van der Waals surface area contributed by atoms with Crippen molar-refractivity contribution in [1.29, 1.82) is 0 Å². The van der Waals surface area contributed by atoms with Gasteiger partial charge in [0.2, 0.25) is 6.29 Å². The third-order valence-electron chi connectivity index (χ3n) is 3.93. The van der Waals surface area contributed by atoms with Crippen LogP contribution in [0, 0.1) is 0 Å². The van der Waals surface area contributed by atoms with Crippen LogP contribution in [-0.4, -0.2) is 12.6 Å². The molecular weight excluding hydrogens is 356 g/mol. The van der Waals surface area contributed by atoms with Crippen LogP contribution >= 0.6 is 0 Å². The lowest BCUT2D eigenvalue weighted by Gasteiger charge is -1.98. The van der Waals surface area contributed by atoms with E-state index in [-0.39, 0.29) is 6.42 Å².